The second kappa shape index (κ2) is 7.34. The Morgan fingerprint density at radius 2 is 1.70 bits per heavy atom. The fraction of sp³-hybridized carbons (Fsp3) is 0.235. The van der Waals surface area contributed by atoms with E-state index < -0.39 is 0 Å². The molecule has 2 aromatic rings. The lowest BCUT2D eigenvalue weighted by atomic mass is 10.1. The second-order valence-corrected chi connectivity index (χ2v) is 4.64. The van der Waals surface area contributed by atoms with Gasteiger partial charge in [0, 0.05) is 18.8 Å². The maximum absolute atomic E-state index is 12.1. The standard InChI is InChI=1S/C17H20N2O/c1-2-12-18-17(20)15-10-6-7-11-16(15)19-13-14-8-4-3-5-9-14/h3-11,19H,2,12-13H2,1H3,(H,18,20). The molecule has 0 radical (unpaired) electrons. The highest BCUT2D eigenvalue weighted by Gasteiger charge is 2.09. The molecule has 104 valence electrons. The lowest BCUT2D eigenvalue weighted by Crippen LogP contribution is -2.25. The van der Waals surface area contributed by atoms with Crippen LogP contribution in [0, 0.1) is 0 Å². The van der Waals surface area contributed by atoms with Gasteiger partial charge in [0.25, 0.3) is 5.91 Å². The molecule has 0 fully saturated rings. The van der Waals surface area contributed by atoms with Gasteiger partial charge in [0.15, 0.2) is 0 Å². The monoisotopic (exact) mass is 268 g/mol. The topological polar surface area (TPSA) is 41.1 Å². The van der Waals surface area contributed by atoms with E-state index in [4.69, 9.17) is 0 Å². The predicted molar refractivity (Wildman–Crippen MR) is 82.8 cm³/mol. The number of amides is 1. The summed E-state index contributed by atoms with van der Waals surface area (Å²) in [4.78, 5) is 12.1. The maximum atomic E-state index is 12.1. The van der Waals surface area contributed by atoms with Crippen LogP contribution in [0.15, 0.2) is 54.6 Å². The summed E-state index contributed by atoms with van der Waals surface area (Å²) < 4.78 is 0. The van der Waals surface area contributed by atoms with Crippen molar-refractivity contribution in [3.63, 3.8) is 0 Å². The van der Waals surface area contributed by atoms with Crippen molar-refractivity contribution in [1.82, 2.24) is 5.32 Å². The van der Waals surface area contributed by atoms with Crippen molar-refractivity contribution in [3.05, 3.63) is 65.7 Å². The number of benzene rings is 2. The van der Waals surface area contributed by atoms with Crippen LogP contribution in [0.1, 0.15) is 29.3 Å². The number of anilines is 1. The van der Waals surface area contributed by atoms with Crippen molar-refractivity contribution in [2.24, 2.45) is 0 Å². The van der Waals surface area contributed by atoms with E-state index >= 15 is 0 Å². The Balaban J connectivity index is 2.06. The molecule has 20 heavy (non-hydrogen) atoms. The normalized spacial score (nSPS) is 10.1. The van der Waals surface area contributed by atoms with Gasteiger partial charge in [-0.15, -0.1) is 0 Å². The van der Waals surface area contributed by atoms with Crippen molar-refractivity contribution in [3.8, 4) is 0 Å². The van der Waals surface area contributed by atoms with Crippen molar-refractivity contribution in [1.29, 1.82) is 0 Å². The van der Waals surface area contributed by atoms with Crippen molar-refractivity contribution in [2.75, 3.05) is 11.9 Å². The zero-order valence-electron chi connectivity index (χ0n) is 11.7. The van der Waals surface area contributed by atoms with E-state index in [2.05, 4.69) is 22.8 Å². The predicted octanol–water partition coefficient (Wildman–Crippen LogP) is 3.44. The van der Waals surface area contributed by atoms with Crippen LogP contribution < -0.4 is 10.6 Å². The highest BCUT2D eigenvalue weighted by atomic mass is 16.1. The van der Waals surface area contributed by atoms with Gasteiger partial charge in [0.1, 0.15) is 0 Å². The Kier molecular flexibility index (Phi) is 5.18. The molecule has 0 bridgehead atoms. The Labute approximate surface area is 120 Å². The molecule has 2 N–H and O–H groups in total. The van der Waals surface area contributed by atoms with Gasteiger partial charge in [0.2, 0.25) is 0 Å². The summed E-state index contributed by atoms with van der Waals surface area (Å²) in [5, 5.41) is 6.23. The van der Waals surface area contributed by atoms with Gasteiger partial charge >= 0.3 is 0 Å². The number of hydrogen-bond acceptors (Lipinski definition) is 2. The third-order valence-corrected chi connectivity index (χ3v) is 3.03. The molecule has 0 heterocycles. The first kappa shape index (κ1) is 14.1. The van der Waals surface area contributed by atoms with E-state index in [1.54, 1.807) is 0 Å². The van der Waals surface area contributed by atoms with Crippen LogP contribution in [-0.4, -0.2) is 12.5 Å². The molecule has 0 saturated heterocycles. The molecule has 0 spiro atoms. The average molecular weight is 268 g/mol. The Morgan fingerprint density at radius 3 is 2.45 bits per heavy atom. The van der Waals surface area contributed by atoms with Gasteiger partial charge in [-0.05, 0) is 24.1 Å². The number of para-hydroxylation sites is 1. The Bertz CT molecular complexity index is 552. The van der Waals surface area contributed by atoms with E-state index in [0.29, 0.717) is 18.7 Å². The molecule has 0 saturated carbocycles. The van der Waals surface area contributed by atoms with E-state index in [-0.39, 0.29) is 5.91 Å². The summed E-state index contributed by atoms with van der Waals surface area (Å²) in [7, 11) is 0. The molecule has 2 rings (SSSR count). The van der Waals surface area contributed by atoms with Gasteiger partial charge in [0.05, 0.1) is 5.56 Å². The third kappa shape index (κ3) is 3.85. The molecule has 2 aromatic carbocycles. The summed E-state index contributed by atoms with van der Waals surface area (Å²) in [5.74, 6) is -0.0250. The van der Waals surface area contributed by atoms with Gasteiger partial charge in [-0.1, -0.05) is 49.4 Å². The Hall–Kier alpha value is -2.29. The largest absolute Gasteiger partial charge is 0.380 e. The molecule has 0 atom stereocenters. The fourth-order valence-corrected chi connectivity index (χ4v) is 1.96. The zero-order chi connectivity index (χ0) is 14.2. The van der Waals surface area contributed by atoms with Gasteiger partial charge in [-0.2, -0.15) is 0 Å². The number of carbonyl (C=O) groups excluding carboxylic acids is 1. The first-order valence-corrected chi connectivity index (χ1v) is 6.96. The minimum absolute atomic E-state index is 0.0250. The molecule has 0 aliphatic carbocycles. The number of rotatable bonds is 6. The lowest BCUT2D eigenvalue weighted by molar-refractivity contribution is 0.0954. The molecule has 0 unspecified atom stereocenters. The first-order valence-electron chi connectivity index (χ1n) is 6.96. The summed E-state index contributed by atoms with van der Waals surface area (Å²) in [6.07, 6.45) is 0.936. The second-order valence-electron chi connectivity index (χ2n) is 4.64. The fourth-order valence-electron chi connectivity index (χ4n) is 1.96. The van der Waals surface area contributed by atoms with Crippen LogP contribution in [0.25, 0.3) is 0 Å². The molecule has 0 aliphatic heterocycles. The van der Waals surface area contributed by atoms with Crippen molar-refractivity contribution in [2.45, 2.75) is 19.9 Å². The molecule has 3 heteroatoms. The SMILES string of the molecule is CCCNC(=O)c1ccccc1NCc1ccccc1. The minimum Gasteiger partial charge on any atom is -0.380 e. The highest BCUT2D eigenvalue weighted by Crippen LogP contribution is 2.16. The number of carbonyl (C=O) groups is 1. The maximum Gasteiger partial charge on any atom is 0.253 e. The van der Waals surface area contributed by atoms with E-state index in [1.165, 1.54) is 5.56 Å². The van der Waals surface area contributed by atoms with E-state index in [9.17, 15) is 4.79 Å². The summed E-state index contributed by atoms with van der Waals surface area (Å²) in [6, 6.07) is 17.7. The van der Waals surface area contributed by atoms with Crippen molar-refractivity contribution < 1.29 is 4.79 Å². The lowest BCUT2D eigenvalue weighted by Gasteiger charge is -2.12. The smallest absolute Gasteiger partial charge is 0.253 e. The quantitative estimate of drug-likeness (QED) is 0.842. The van der Waals surface area contributed by atoms with Crippen LogP contribution in [0.5, 0.6) is 0 Å². The van der Waals surface area contributed by atoms with Crippen molar-refractivity contribution >= 4 is 11.6 Å². The van der Waals surface area contributed by atoms with E-state index in [0.717, 1.165) is 12.1 Å². The number of hydrogen-bond donors (Lipinski definition) is 2. The zero-order valence-corrected chi connectivity index (χ0v) is 11.7. The summed E-state index contributed by atoms with van der Waals surface area (Å²) in [5.41, 5.74) is 2.75. The first-order chi connectivity index (χ1) is 9.81. The molecule has 1 amide bonds. The van der Waals surface area contributed by atoms with Crippen LogP contribution in [-0.2, 0) is 6.54 Å². The number of nitrogens with one attached hydrogen (secondary N) is 2. The summed E-state index contributed by atoms with van der Waals surface area (Å²) in [6.45, 7) is 3.45. The highest BCUT2D eigenvalue weighted by molar-refractivity contribution is 5.99. The van der Waals surface area contributed by atoms with Gasteiger partial charge in [-0.3, -0.25) is 4.79 Å². The molecule has 0 aromatic heterocycles. The summed E-state index contributed by atoms with van der Waals surface area (Å²) >= 11 is 0. The van der Waals surface area contributed by atoms with Gasteiger partial charge < -0.3 is 10.6 Å². The van der Waals surface area contributed by atoms with Crippen LogP contribution in [0.2, 0.25) is 0 Å². The van der Waals surface area contributed by atoms with Crippen LogP contribution in [0.4, 0.5) is 5.69 Å². The van der Waals surface area contributed by atoms with Crippen LogP contribution in [0.3, 0.4) is 0 Å². The molecular formula is C17H20N2O. The molecular weight excluding hydrogens is 248 g/mol. The van der Waals surface area contributed by atoms with Crippen LogP contribution >= 0.6 is 0 Å². The molecule has 0 aliphatic rings. The van der Waals surface area contributed by atoms with Gasteiger partial charge in [-0.25, -0.2) is 0 Å². The minimum atomic E-state index is -0.0250. The van der Waals surface area contributed by atoms with E-state index in [1.807, 2.05) is 49.4 Å². The average Bonchev–Trinajstić information content (AvgIpc) is 2.52. The third-order valence-electron chi connectivity index (χ3n) is 3.03. The molecule has 3 nitrogen and oxygen atoms in total. The Morgan fingerprint density at radius 1 is 1.00 bits per heavy atom.